The van der Waals surface area contributed by atoms with E-state index in [1.54, 1.807) is 37.3 Å². The first-order valence-corrected chi connectivity index (χ1v) is 11.5. The molecule has 1 aliphatic heterocycles. The minimum absolute atomic E-state index is 0.0322. The first-order chi connectivity index (χ1) is 15.7. The second-order valence-electron chi connectivity index (χ2n) is 7.33. The predicted octanol–water partition coefficient (Wildman–Crippen LogP) is 3.05. The van der Waals surface area contributed by atoms with E-state index < -0.39 is 10.0 Å². The smallest absolute Gasteiger partial charge is 0.265 e. The zero-order chi connectivity index (χ0) is 23.8. The summed E-state index contributed by atoms with van der Waals surface area (Å²) in [6.45, 7) is 1.68. The molecule has 0 unspecified atom stereocenters. The van der Waals surface area contributed by atoms with Crippen molar-refractivity contribution in [2.75, 3.05) is 24.3 Å². The van der Waals surface area contributed by atoms with Crippen molar-refractivity contribution in [3.8, 4) is 22.6 Å². The summed E-state index contributed by atoms with van der Waals surface area (Å²) in [6.07, 6.45) is 0.0796. The summed E-state index contributed by atoms with van der Waals surface area (Å²) in [5.41, 5.74) is 1.63. The Hall–Kier alpha value is -3.86. The van der Waals surface area contributed by atoms with E-state index in [0.717, 1.165) is 4.68 Å². The van der Waals surface area contributed by atoms with Crippen molar-refractivity contribution in [1.82, 2.24) is 9.78 Å². The van der Waals surface area contributed by atoms with E-state index in [1.807, 2.05) is 0 Å². The summed E-state index contributed by atoms with van der Waals surface area (Å²) in [7, 11) is -1.29. The lowest BCUT2D eigenvalue weighted by atomic mass is 10.1. The molecule has 10 nitrogen and oxygen atoms in total. The van der Waals surface area contributed by atoms with Crippen LogP contribution < -0.4 is 19.5 Å². The number of aryl methyl sites for hydroxylation is 1. The van der Waals surface area contributed by atoms with Gasteiger partial charge in [-0.25, -0.2) is 8.42 Å². The number of hydrogen-bond donors (Lipinski definition) is 2. The molecule has 4 rings (SSSR count). The fourth-order valence-corrected chi connectivity index (χ4v) is 4.93. The zero-order valence-electron chi connectivity index (χ0n) is 18.2. The van der Waals surface area contributed by atoms with Crippen LogP contribution in [-0.4, -0.2) is 44.2 Å². The molecule has 3 aromatic rings. The van der Waals surface area contributed by atoms with Crippen LogP contribution in [0.3, 0.4) is 0 Å². The molecule has 0 atom stereocenters. The van der Waals surface area contributed by atoms with Crippen LogP contribution in [0.5, 0.6) is 11.5 Å². The summed E-state index contributed by atoms with van der Waals surface area (Å²) < 4.78 is 40.8. The molecule has 2 N–H and O–H groups in total. The van der Waals surface area contributed by atoms with Gasteiger partial charge in [0.15, 0.2) is 0 Å². The molecule has 0 spiro atoms. The summed E-state index contributed by atoms with van der Waals surface area (Å²) in [4.78, 5) is 24.4. The first-order valence-electron chi connectivity index (χ1n) is 10.0. The maximum Gasteiger partial charge on any atom is 0.265 e. The third-order valence-corrected chi connectivity index (χ3v) is 6.60. The van der Waals surface area contributed by atoms with Crippen molar-refractivity contribution < 1.29 is 27.5 Å². The topological polar surface area (TPSA) is 129 Å². The predicted molar refractivity (Wildman–Crippen MR) is 121 cm³/mol. The van der Waals surface area contributed by atoms with Gasteiger partial charge in [0.05, 0.1) is 25.6 Å². The van der Waals surface area contributed by atoms with Crippen molar-refractivity contribution in [2.24, 2.45) is 0 Å². The van der Waals surface area contributed by atoms with Gasteiger partial charge in [-0.05, 0) is 36.8 Å². The number of hydrogen-bond acceptors (Lipinski definition) is 7. The van der Waals surface area contributed by atoms with E-state index in [2.05, 4.69) is 15.1 Å². The van der Waals surface area contributed by atoms with Crippen LogP contribution in [0.15, 0.2) is 47.4 Å². The van der Waals surface area contributed by atoms with E-state index in [4.69, 9.17) is 9.47 Å². The molecule has 0 saturated heterocycles. The van der Waals surface area contributed by atoms with E-state index >= 15 is 0 Å². The lowest BCUT2D eigenvalue weighted by Gasteiger charge is -2.15. The Labute approximate surface area is 190 Å². The highest BCUT2D eigenvalue weighted by Gasteiger charge is 2.28. The largest absolute Gasteiger partial charge is 0.495 e. The Morgan fingerprint density at radius 1 is 1.03 bits per heavy atom. The molecule has 172 valence electrons. The second-order valence-corrected chi connectivity index (χ2v) is 8.98. The SMILES string of the molecule is COc1ccccc1NS(=O)(=O)c1cc(-c2c(C)nn3c2NC(=O)CCC3=O)ccc1OC. The molecule has 11 heteroatoms. The number of carbonyl (C=O) groups is 2. The first kappa shape index (κ1) is 22.3. The summed E-state index contributed by atoms with van der Waals surface area (Å²) in [5.74, 6) is 0.0536. The average molecular weight is 471 g/mol. The molecule has 0 saturated carbocycles. The minimum Gasteiger partial charge on any atom is -0.495 e. The molecule has 0 bridgehead atoms. The lowest BCUT2D eigenvalue weighted by molar-refractivity contribution is -0.116. The van der Waals surface area contributed by atoms with Gasteiger partial charge in [-0.2, -0.15) is 9.78 Å². The number of para-hydroxylation sites is 2. The Morgan fingerprint density at radius 3 is 2.48 bits per heavy atom. The van der Waals surface area contributed by atoms with Crippen LogP contribution in [-0.2, 0) is 14.8 Å². The number of rotatable bonds is 6. The molecule has 0 aliphatic carbocycles. The summed E-state index contributed by atoms with van der Waals surface area (Å²) in [6, 6.07) is 11.2. The number of anilines is 2. The molecule has 0 radical (unpaired) electrons. The summed E-state index contributed by atoms with van der Waals surface area (Å²) in [5, 5.41) is 6.98. The van der Waals surface area contributed by atoms with Crippen LogP contribution in [0, 0.1) is 6.92 Å². The van der Waals surface area contributed by atoms with Crippen LogP contribution in [0.1, 0.15) is 23.3 Å². The Kier molecular flexibility index (Phi) is 5.81. The molecule has 2 aromatic carbocycles. The van der Waals surface area contributed by atoms with Gasteiger partial charge in [-0.15, -0.1) is 0 Å². The number of benzene rings is 2. The van der Waals surface area contributed by atoms with Gasteiger partial charge in [0.1, 0.15) is 22.2 Å². The van der Waals surface area contributed by atoms with Gasteiger partial charge in [-0.3, -0.25) is 14.3 Å². The molecular weight excluding hydrogens is 448 g/mol. The van der Waals surface area contributed by atoms with Crippen molar-refractivity contribution in [1.29, 1.82) is 0 Å². The van der Waals surface area contributed by atoms with Gasteiger partial charge in [-0.1, -0.05) is 18.2 Å². The Balaban J connectivity index is 1.84. The van der Waals surface area contributed by atoms with E-state index in [1.165, 1.54) is 26.4 Å². The van der Waals surface area contributed by atoms with Gasteiger partial charge in [0, 0.05) is 18.4 Å². The van der Waals surface area contributed by atoms with Crippen molar-refractivity contribution in [3.05, 3.63) is 48.2 Å². The van der Waals surface area contributed by atoms with E-state index in [9.17, 15) is 18.0 Å². The molecule has 33 heavy (non-hydrogen) atoms. The zero-order valence-corrected chi connectivity index (χ0v) is 19.0. The third kappa shape index (κ3) is 4.14. The molecule has 1 aromatic heterocycles. The van der Waals surface area contributed by atoms with Crippen LogP contribution in [0.25, 0.3) is 11.1 Å². The highest BCUT2D eigenvalue weighted by Crippen LogP contribution is 2.37. The van der Waals surface area contributed by atoms with E-state index in [-0.39, 0.29) is 46.8 Å². The number of nitrogens with one attached hydrogen (secondary N) is 2. The number of ether oxygens (including phenoxy) is 2. The minimum atomic E-state index is -4.10. The lowest BCUT2D eigenvalue weighted by Crippen LogP contribution is -2.15. The number of amides is 1. The fraction of sp³-hybridized carbons (Fsp3) is 0.227. The van der Waals surface area contributed by atoms with Crippen molar-refractivity contribution in [3.63, 3.8) is 0 Å². The summed E-state index contributed by atoms with van der Waals surface area (Å²) >= 11 is 0. The van der Waals surface area contributed by atoms with Crippen LogP contribution in [0.4, 0.5) is 11.5 Å². The Morgan fingerprint density at radius 2 is 1.76 bits per heavy atom. The highest BCUT2D eigenvalue weighted by atomic mass is 32.2. The number of methoxy groups -OCH3 is 2. The molecule has 0 fully saturated rings. The monoisotopic (exact) mass is 470 g/mol. The van der Waals surface area contributed by atoms with Crippen LogP contribution >= 0.6 is 0 Å². The molecule has 2 heterocycles. The van der Waals surface area contributed by atoms with Gasteiger partial charge in [0.2, 0.25) is 11.8 Å². The number of sulfonamides is 1. The Bertz CT molecular complexity index is 1360. The third-order valence-electron chi connectivity index (χ3n) is 5.21. The van der Waals surface area contributed by atoms with Gasteiger partial charge < -0.3 is 14.8 Å². The average Bonchev–Trinajstić information content (AvgIpc) is 3.05. The number of nitrogens with zero attached hydrogens (tertiary/aromatic N) is 2. The van der Waals surface area contributed by atoms with Crippen LogP contribution in [0.2, 0.25) is 0 Å². The normalized spacial score (nSPS) is 13.7. The maximum atomic E-state index is 13.3. The van der Waals surface area contributed by atoms with E-state index in [0.29, 0.717) is 22.6 Å². The number of fused-ring (bicyclic) bond motifs is 1. The quantitative estimate of drug-likeness (QED) is 0.566. The highest BCUT2D eigenvalue weighted by molar-refractivity contribution is 7.92. The second kappa shape index (κ2) is 8.58. The fourth-order valence-electron chi connectivity index (χ4n) is 3.66. The maximum absolute atomic E-state index is 13.3. The van der Waals surface area contributed by atoms with Crippen molar-refractivity contribution in [2.45, 2.75) is 24.7 Å². The van der Waals surface area contributed by atoms with Gasteiger partial charge in [0.25, 0.3) is 10.0 Å². The van der Waals surface area contributed by atoms with Crippen molar-refractivity contribution >= 4 is 33.3 Å². The molecule has 1 amide bonds. The number of carbonyl (C=O) groups excluding carboxylic acids is 2. The molecular formula is C22H22N4O6S. The standard InChI is InChI=1S/C22H22N4O6S/c1-13-21(22-23-19(27)10-11-20(28)26(22)24-13)14-8-9-17(32-3)18(12-14)33(29,30)25-15-6-4-5-7-16(15)31-2/h4-9,12,25H,10-11H2,1-3H3,(H,23,27). The number of aromatic nitrogens is 2. The molecule has 1 aliphatic rings. The van der Waals surface area contributed by atoms with Gasteiger partial charge >= 0.3 is 0 Å².